The molecule has 3 aromatic rings. The van der Waals surface area contributed by atoms with Crippen molar-refractivity contribution in [3.8, 4) is 22.6 Å². The number of methoxy groups -OCH3 is 1. The van der Waals surface area contributed by atoms with E-state index in [1.807, 2.05) is 38.2 Å². The molecule has 7 nitrogen and oxygen atoms in total. The number of benzene rings is 3. The summed E-state index contributed by atoms with van der Waals surface area (Å²) in [5.41, 5.74) is 4.87. The number of carbonyl (C=O) groups excluding carboxylic acids is 2. The van der Waals surface area contributed by atoms with Crippen molar-refractivity contribution in [2.24, 2.45) is 0 Å². The molecule has 0 aromatic heterocycles. The first-order chi connectivity index (χ1) is 18.4. The third-order valence-corrected chi connectivity index (χ3v) is 7.61. The predicted molar refractivity (Wildman–Crippen MR) is 149 cm³/mol. The van der Waals surface area contributed by atoms with Gasteiger partial charge in [0.25, 0.3) is 5.91 Å². The van der Waals surface area contributed by atoms with Gasteiger partial charge in [-0.25, -0.2) is 0 Å². The van der Waals surface area contributed by atoms with Crippen LogP contribution in [0.4, 0.5) is 5.69 Å². The van der Waals surface area contributed by atoms with Gasteiger partial charge in [0.2, 0.25) is 5.91 Å². The Morgan fingerprint density at radius 2 is 1.71 bits per heavy atom. The van der Waals surface area contributed by atoms with E-state index < -0.39 is 0 Å². The zero-order valence-electron chi connectivity index (χ0n) is 22.4. The summed E-state index contributed by atoms with van der Waals surface area (Å²) < 4.78 is 11.1. The third kappa shape index (κ3) is 5.38. The van der Waals surface area contributed by atoms with E-state index in [4.69, 9.17) is 9.47 Å². The van der Waals surface area contributed by atoms with Gasteiger partial charge in [-0.1, -0.05) is 54.6 Å². The number of carbonyl (C=O) groups is 2. The SMILES string of the molecule is COc1cc2c(cc1C)N(CC(=O)N(C)C(CN1CCCC1)c1ccc(-c3ccccc3)cc1)C(=O)CO2. The number of rotatable bonds is 8. The lowest BCUT2D eigenvalue weighted by Crippen LogP contribution is -2.47. The number of likely N-dealkylation sites (N-methyl/N-ethyl adjacent to an activating group) is 1. The van der Waals surface area contributed by atoms with Gasteiger partial charge in [-0.3, -0.25) is 14.5 Å². The number of amides is 2. The molecule has 0 aliphatic carbocycles. The van der Waals surface area contributed by atoms with Gasteiger partial charge in [-0.15, -0.1) is 0 Å². The summed E-state index contributed by atoms with van der Waals surface area (Å²) in [6.07, 6.45) is 2.36. The molecule has 0 bridgehead atoms. The molecule has 1 unspecified atom stereocenters. The van der Waals surface area contributed by atoms with Crippen LogP contribution < -0.4 is 14.4 Å². The van der Waals surface area contributed by atoms with Gasteiger partial charge in [0.1, 0.15) is 18.0 Å². The van der Waals surface area contributed by atoms with Crippen LogP contribution in [0.3, 0.4) is 0 Å². The van der Waals surface area contributed by atoms with Crippen molar-refractivity contribution in [1.29, 1.82) is 0 Å². The molecule has 5 rings (SSSR count). The number of hydrogen-bond acceptors (Lipinski definition) is 5. The van der Waals surface area contributed by atoms with Crippen LogP contribution in [-0.2, 0) is 9.59 Å². The maximum Gasteiger partial charge on any atom is 0.265 e. The summed E-state index contributed by atoms with van der Waals surface area (Å²) in [4.78, 5) is 32.3. The zero-order chi connectivity index (χ0) is 26.6. The molecular formula is C31H35N3O4. The topological polar surface area (TPSA) is 62.3 Å². The summed E-state index contributed by atoms with van der Waals surface area (Å²) in [7, 11) is 3.45. The van der Waals surface area contributed by atoms with E-state index in [0.29, 0.717) is 17.2 Å². The quantitative estimate of drug-likeness (QED) is 0.437. The molecular weight excluding hydrogens is 478 g/mol. The lowest BCUT2D eigenvalue weighted by molar-refractivity contribution is -0.133. The highest BCUT2D eigenvalue weighted by atomic mass is 16.5. The molecule has 0 N–H and O–H groups in total. The molecule has 38 heavy (non-hydrogen) atoms. The van der Waals surface area contributed by atoms with Crippen LogP contribution in [0.5, 0.6) is 11.5 Å². The molecule has 0 radical (unpaired) electrons. The summed E-state index contributed by atoms with van der Waals surface area (Å²) in [5.74, 6) is 0.891. The monoisotopic (exact) mass is 513 g/mol. The standard InChI is InChI=1S/C31H35N3O4/c1-22-17-26-29(18-28(22)37-3)38-21-31(36)34(26)20-30(35)32(2)27(19-33-15-7-8-16-33)25-13-11-24(12-14-25)23-9-5-4-6-10-23/h4-6,9-14,17-18,27H,7-8,15-16,19-21H2,1-3H3. The van der Waals surface area contributed by atoms with E-state index in [-0.39, 0.29) is 31.0 Å². The van der Waals surface area contributed by atoms with Crippen molar-refractivity contribution in [1.82, 2.24) is 9.80 Å². The number of likely N-dealkylation sites (tertiary alicyclic amines) is 1. The van der Waals surface area contributed by atoms with Gasteiger partial charge in [0.05, 0.1) is 18.8 Å². The highest BCUT2D eigenvalue weighted by Crippen LogP contribution is 2.38. The van der Waals surface area contributed by atoms with Crippen molar-refractivity contribution >= 4 is 17.5 Å². The van der Waals surface area contributed by atoms with Crippen molar-refractivity contribution in [2.45, 2.75) is 25.8 Å². The molecule has 2 aliphatic rings. The minimum absolute atomic E-state index is 0.0456. The van der Waals surface area contributed by atoms with Crippen LogP contribution in [0.2, 0.25) is 0 Å². The van der Waals surface area contributed by atoms with E-state index in [1.54, 1.807) is 18.1 Å². The van der Waals surface area contributed by atoms with Gasteiger partial charge < -0.3 is 19.3 Å². The van der Waals surface area contributed by atoms with E-state index in [9.17, 15) is 9.59 Å². The third-order valence-electron chi connectivity index (χ3n) is 7.61. The first-order valence-electron chi connectivity index (χ1n) is 13.2. The van der Waals surface area contributed by atoms with Crippen LogP contribution >= 0.6 is 0 Å². The minimum atomic E-state index is -0.230. The molecule has 1 saturated heterocycles. The maximum atomic E-state index is 13.7. The lowest BCUT2D eigenvalue weighted by Gasteiger charge is -2.35. The zero-order valence-corrected chi connectivity index (χ0v) is 22.4. The second kappa shape index (κ2) is 11.3. The Morgan fingerprint density at radius 1 is 1.03 bits per heavy atom. The molecule has 2 heterocycles. The Kier molecular flexibility index (Phi) is 7.65. The molecule has 3 aromatic carbocycles. The molecule has 1 atom stereocenters. The normalized spacial score (nSPS) is 16.1. The fourth-order valence-electron chi connectivity index (χ4n) is 5.34. The van der Waals surface area contributed by atoms with Crippen molar-refractivity contribution in [3.05, 3.63) is 77.9 Å². The summed E-state index contributed by atoms with van der Waals surface area (Å²) in [6.45, 7) is 4.60. The Balaban J connectivity index is 1.39. The van der Waals surface area contributed by atoms with E-state index in [2.05, 4.69) is 41.3 Å². The first-order valence-corrected chi connectivity index (χ1v) is 13.2. The van der Waals surface area contributed by atoms with Crippen LogP contribution in [-0.4, -0.2) is 68.6 Å². The molecule has 2 aliphatic heterocycles. The van der Waals surface area contributed by atoms with Crippen LogP contribution in [0.1, 0.15) is 30.0 Å². The molecule has 198 valence electrons. The summed E-state index contributed by atoms with van der Waals surface area (Å²) in [5, 5.41) is 0. The van der Waals surface area contributed by atoms with Gasteiger partial charge in [-0.05, 0) is 61.2 Å². The largest absolute Gasteiger partial charge is 0.496 e. The fourth-order valence-corrected chi connectivity index (χ4v) is 5.34. The van der Waals surface area contributed by atoms with Crippen molar-refractivity contribution in [2.75, 3.05) is 51.8 Å². The highest BCUT2D eigenvalue weighted by Gasteiger charge is 2.32. The Bertz CT molecular complexity index is 1290. The molecule has 0 saturated carbocycles. The van der Waals surface area contributed by atoms with Crippen molar-refractivity contribution in [3.63, 3.8) is 0 Å². The molecule has 0 spiro atoms. The Labute approximate surface area is 224 Å². The number of nitrogens with zero attached hydrogens (tertiary/aromatic N) is 3. The number of hydrogen-bond donors (Lipinski definition) is 0. The van der Waals surface area contributed by atoms with Gasteiger partial charge in [0, 0.05) is 19.7 Å². The highest BCUT2D eigenvalue weighted by molar-refractivity contribution is 6.02. The average Bonchev–Trinajstić information content (AvgIpc) is 3.47. The Hall–Kier alpha value is -3.84. The molecule has 7 heteroatoms. The number of aryl methyl sites for hydroxylation is 1. The average molecular weight is 514 g/mol. The van der Waals surface area contributed by atoms with Crippen LogP contribution in [0, 0.1) is 6.92 Å². The minimum Gasteiger partial charge on any atom is -0.496 e. The Morgan fingerprint density at radius 3 is 2.39 bits per heavy atom. The predicted octanol–water partition coefficient (Wildman–Crippen LogP) is 4.69. The van der Waals surface area contributed by atoms with Crippen molar-refractivity contribution < 1.29 is 19.1 Å². The lowest BCUT2D eigenvalue weighted by atomic mass is 9.99. The molecule has 2 amide bonds. The number of ether oxygens (including phenoxy) is 2. The number of anilines is 1. The van der Waals surface area contributed by atoms with Crippen LogP contribution in [0.15, 0.2) is 66.7 Å². The molecule has 1 fully saturated rings. The second-order valence-corrected chi connectivity index (χ2v) is 10.1. The smallest absolute Gasteiger partial charge is 0.265 e. The number of fused-ring (bicyclic) bond motifs is 1. The summed E-state index contributed by atoms with van der Waals surface area (Å²) in [6, 6.07) is 22.3. The fraction of sp³-hybridized carbons (Fsp3) is 0.355. The first kappa shape index (κ1) is 25.8. The second-order valence-electron chi connectivity index (χ2n) is 10.1. The van der Waals surface area contributed by atoms with E-state index in [1.165, 1.54) is 17.7 Å². The maximum absolute atomic E-state index is 13.7. The van der Waals surface area contributed by atoms with Gasteiger partial charge >= 0.3 is 0 Å². The van der Waals surface area contributed by atoms with Gasteiger partial charge in [0.15, 0.2) is 6.61 Å². The van der Waals surface area contributed by atoms with E-state index in [0.717, 1.165) is 41.9 Å². The van der Waals surface area contributed by atoms with Gasteiger partial charge in [-0.2, -0.15) is 0 Å². The van der Waals surface area contributed by atoms with Crippen LogP contribution in [0.25, 0.3) is 11.1 Å². The summed E-state index contributed by atoms with van der Waals surface area (Å²) >= 11 is 0. The van der Waals surface area contributed by atoms with E-state index >= 15 is 0 Å².